The van der Waals surface area contributed by atoms with Crippen molar-refractivity contribution in [3.8, 4) is 0 Å². The standard InChI is InChI=1S/C16H24BrN/c1-14-10-12-18(16(14)13-17)11-6-5-9-15-7-3-2-4-8-15/h2-4,7-8,14,16H,5-6,9-13H2,1H3. The van der Waals surface area contributed by atoms with E-state index in [9.17, 15) is 0 Å². The van der Waals surface area contributed by atoms with E-state index in [1.54, 1.807) is 0 Å². The van der Waals surface area contributed by atoms with Crippen molar-refractivity contribution in [1.29, 1.82) is 0 Å². The maximum Gasteiger partial charge on any atom is 0.0218 e. The fraction of sp³-hybridized carbons (Fsp3) is 0.625. The van der Waals surface area contributed by atoms with Crippen LogP contribution in [0.25, 0.3) is 0 Å². The fourth-order valence-electron chi connectivity index (χ4n) is 2.90. The number of likely N-dealkylation sites (tertiary alicyclic amines) is 1. The highest BCUT2D eigenvalue weighted by Crippen LogP contribution is 2.25. The molecule has 2 rings (SSSR count). The third kappa shape index (κ3) is 3.83. The van der Waals surface area contributed by atoms with Gasteiger partial charge in [-0.05, 0) is 50.3 Å². The molecule has 2 unspecified atom stereocenters. The monoisotopic (exact) mass is 309 g/mol. The Bertz CT molecular complexity index is 338. The lowest BCUT2D eigenvalue weighted by molar-refractivity contribution is 0.248. The number of rotatable bonds is 6. The van der Waals surface area contributed by atoms with Crippen LogP contribution >= 0.6 is 15.9 Å². The summed E-state index contributed by atoms with van der Waals surface area (Å²) in [5.74, 6) is 0.860. The maximum atomic E-state index is 3.66. The lowest BCUT2D eigenvalue weighted by atomic mass is 10.0. The first-order valence-electron chi connectivity index (χ1n) is 7.15. The highest BCUT2D eigenvalue weighted by molar-refractivity contribution is 9.09. The van der Waals surface area contributed by atoms with Crippen LogP contribution in [0.2, 0.25) is 0 Å². The molecule has 0 radical (unpaired) electrons. The van der Waals surface area contributed by atoms with Crippen LogP contribution in [-0.2, 0) is 6.42 Å². The van der Waals surface area contributed by atoms with Gasteiger partial charge >= 0.3 is 0 Å². The maximum absolute atomic E-state index is 3.66. The molecule has 1 nitrogen and oxygen atoms in total. The molecule has 0 spiro atoms. The Morgan fingerprint density at radius 3 is 2.72 bits per heavy atom. The summed E-state index contributed by atoms with van der Waals surface area (Å²) in [5.41, 5.74) is 1.48. The Labute approximate surface area is 120 Å². The van der Waals surface area contributed by atoms with E-state index in [1.807, 2.05) is 0 Å². The van der Waals surface area contributed by atoms with E-state index in [0.29, 0.717) is 0 Å². The number of unbranched alkanes of at least 4 members (excludes halogenated alkanes) is 1. The molecular formula is C16H24BrN. The number of aryl methyl sites for hydroxylation is 1. The van der Waals surface area contributed by atoms with Gasteiger partial charge in [-0.1, -0.05) is 53.2 Å². The molecule has 1 heterocycles. The van der Waals surface area contributed by atoms with Crippen LogP contribution in [0.4, 0.5) is 0 Å². The Morgan fingerprint density at radius 1 is 1.22 bits per heavy atom. The molecular weight excluding hydrogens is 286 g/mol. The fourth-order valence-corrected chi connectivity index (χ4v) is 3.95. The van der Waals surface area contributed by atoms with E-state index in [2.05, 4.69) is 58.1 Å². The van der Waals surface area contributed by atoms with E-state index >= 15 is 0 Å². The number of hydrogen-bond acceptors (Lipinski definition) is 1. The third-order valence-corrected chi connectivity index (χ3v) is 4.82. The smallest absolute Gasteiger partial charge is 0.0218 e. The van der Waals surface area contributed by atoms with E-state index < -0.39 is 0 Å². The largest absolute Gasteiger partial charge is 0.299 e. The molecule has 1 aromatic rings. The number of nitrogens with zero attached hydrogens (tertiary/aromatic N) is 1. The van der Waals surface area contributed by atoms with Crippen LogP contribution in [0.3, 0.4) is 0 Å². The summed E-state index contributed by atoms with van der Waals surface area (Å²) in [6.45, 7) is 4.95. The molecule has 1 saturated heterocycles. The number of hydrogen-bond donors (Lipinski definition) is 0. The molecule has 0 aliphatic carbocycles. The molecule has 2 atom stereocenters. The summed E-state index contributed by atoms with van der Waals surface area (Å²) >= 11 is 3.66. The van der Waals surface area contributed by atoms with Gasteiger partial charge in [0.2, 0.25) is 0 Å². The summed E-state index contributed by atoms with van der Waals surface area (Å²) in [6, 6.07) is 11.6. The van der Waals surface area contributed by atoms with Gasteiger partial charge in [0.15, 0.2) is 0 Å². The molecule has 0 N–H and O–H groups in total. The Hall–Kier alpha value is -0.340. The van der Waals surface area contributed by atoms with Gasteiger partial charge in [0, 0.05) is 11.4 Å². The number of halogens is 1. The number of alkyl halides is 1. The quantitative estimate of drug-likeness (QED) is 0.564. The minimum absolute atomic E-state index is 0.765. The second-order valence-electron chi connectivity index (χ2n) is 5.47. The Balaban J connectivity index is 1.67. The van der Waals surface area contributed by atoms with Crippen LogP contribution in [0.1, 0.15) is 31.7 Å². The van der Waals surface area contributed by atoms with E-state index in [0.717, 1.165) is 17.3 Å². The minimum Gasteiger partial charge on any atom is -0.299 e. The van der Waals surface area contributed by atoms with Crippen LogP contribution in [0.5, 0.6) is 0 Å². The molecule has 100 valence electrons. The Morgan fingerprint density at radius 2 is 2.00 bits per heavy atom. The van der Waals surface area contributed by atoms with Gasteiger partial charge in [-0.15, -0.1) is 0 Å². The second-order valence-corrected chi connectivity index (χ2v) is 6.11. The first kappa shape index (κ1) is 14.1. The average Bonchev–Trinajstić information content (AvgIpc) is 2.76. The van der Waals surface area contributed by atoms with E-state index in [-0.39, 0.29) is 0 Å². The lowest BCUT2D eigenvalue weighted by Gasteiger charge is -2.24. The molecule has 1 aliphatic rings. The van der Waals surface area contributed by atoms with Crippen molar-refractivity contribution in [1.82, 2.24) is 4.90 Å². The first-order valence-corrected chi connectivity index (χ1v) is 8.27. The Kier molecular flexibility index (Phi) is 5.71. The summed E-state index contributed by atoms with van der Waals surface area (Å²) in [7, 11) is 0. The van der Waals surface area contributed by atoms with Crippen LogP contribution in [-0.4, -0.2) is 29.4 Å². The van der Waals surface area contributed by atoms with Crippen LogP contribution in [0, 0.1) is 5.92 Å². The van der Waals surface area contributed by atoms with Gasteiger partial charge < -0.3 is 0 Å². The summed E-state index contributed by atoms with van der Waals surface area (Å²) in [5, 5.41) is 1.13. The van der Waals surface area contributed by atoms with E-state index in [1.165, 1.54) is 44.3 Å². The zero-order valence-corrected chi connectivity index (χ0v) is 12.9. The van der Waals surface area contributed by atoms with Gasteiger partial charge in [0.1, 0.15) is 0 Å². The van der Waals surface area contributed by atoms with Gasteiger partial charge in [0.05, 0.1) is 0 Å². The molecule has 1 aliphatic heterocycles. The average molecular weight is 310 g/mol. The number of benzene rings is 1. The molecule has 0 saturated carbocycles. The lowest BCUT2D eigenvalue weighted by Crippen LogP contribution is -2.34. The van der Waals surface area contributed by atoms with Crippen LogP contribution in [0.15, 0.2) is 30.3 Å². The van der Waals surface area contributed by atoms with Crippen molar-refractivity contribution in [3.05, 3.63) is 35.9 Å². The molecule has 18 heavy (non-hydrogen) atoms. The first-order chi connectivity index (χ1) is 8.81. The van der Waals surface area contributed by atoms with Crippen molar-refractivity contribution in [2.45, 2.75) is 38.6 Å². The molecule has 1 aromatic carbocycles. The molecule has 0 amide bonds. The van der Waals surface area contributed by atoms with E-state index in [4.69, 9.17) is 0 Å². The molecule has 2 heteroatoms. The van der Waals surface area contributed by atoms with Crippen molar-refractivity contribution in [2.24, 2.45) is 5.92 Å². The SMILES string of the molecule is CC1CCN(CCCCc2ccccc2)C1CBr. The third-order valence-electron chi connectivity index (χ3n) is 4.16. The zero-order chi connectivity index (χ0) is 12.8. The second kappa shape index (κ2) is 7.30. The summed E-state index contributed by atoms with van der Waals surface area (Å²) in [6.07, 6.45) is 5.23. The van der Waals surface area contributed by atoms with Crippen LogP contribution < -0.4 is 0 Å². The molecule has 1 fully saturated rings. The predicted octanol–water partition coefficient (Wildman–Crippen LogP) is 4.11. The summed E-state index contributed by atoms with van der Waals surface area (Å²) in [4.78, 5) is 2.67. The molecule has 0 bridgehead atoms. The minimum atomic E-state index is 0.765. The van der Waals surface area contributed by atoms with Crippen molar-refractivity contribution in [2.75, 3.05) is 18.4 Å². The topological polar surface area (TPSA) is 3.24 Å². The highest BCUT2D eigenvalue weighted by atomic mass is 79.9. The highest BCUT2D eigenvalue weighted by Gasteiger charge is 2.29. The normalized spacial score (nSPS) is 24.6. The van der Waals surface area contributed by atoms with Gasteiger partial charge in [-0.25, -0.2) is 0 Å². The van der Waals surface area contributed by atoms with Gasteiger partial charge in [-0.2, -0.15) is 0 Å². The summed E-state index contributed by atoms with van der Waals surface area (Å²) < 4.78 is 0. The van der Waals surface area contributed by atoms with Crippen molar-refractivity contribution in [3.63, 3.8) is 0 Å². The van der Waals surface area contributed by atoms with Gasteiger partial charge in [0.25, 0.3) is 0 Å². The zero-order valence-electron chi connectivity index (χ0n) is 11.3. The van der Waals surface area contributed by atoms with Crippen molar-refractivity contribution < 1.29 is 0 Å². The van der Waals surface area contributed by atoms with Crippen molar-refractivity contribution >= 4 is 15.9 Å². The van der Waals surface area contributed by atoms with Gasteiger partial charge in [-0.3, -0.25) is 4.90 Å². The molecule has 0 aromatic heterocycles. The predicted molar refractivity (Wildman–Crippen MR) is 82.3 cm³/mol.